The topological polar surface area (TPSA) is 20.2 Å². The minimum absolute atomic E-state index is 0.0121. The van der Waals surface area contributed by atoms with E-state index in [0.717, 1.165) is 22.7 Å². The van der Waals surface area contributed by atoms with Gasteiger partial charge in [0.25, 0.3) is 0 Å². The van der Waals surface area contributed by atoms with Gasteiger partial charge in [-0.15, -0.1) is 0 Å². The van der Waals surface area contributed by atoms with Gasteiger partial charge in [0.2, 0.25) is 0 Å². The van der Waals surface area contributed by atoms with Gasteiger partial charge in [-0.3, -0.25) is 0 Å². The average molecular weight is 327 g/mol. The smallest absolute Gasteiger partial charge is 0.126 e. The van der Waals surface area contributed by atoms with E-state index in [2.05, 4.69) is 15.9 Å². The normalized spacial score (nSPS) is 14.2. The van der Waals surface area contributed by atoms with Gasteiger partial charge in [0, 0.05) is 10.9 Å². The van der Waals surface area contributed by atoms with Gasteiger partial charge in [-0.25, -0.2) is 8.78 Å². The lowest BCUT2D eigenvalue weighted by atomic mass is 9.89. The fraction of sp³-hybridized carbons (Fsp3) is 0.200. The van der Waals surface area contributed by atoms with E-state index in [4.69, 9.17) is 0 Å². The highest BCUT2D eigenvalue weighted by atomic mass is 79.9. The number of aliphatic hydroxyl groups is 1. The Morgan fingerprint density at radius 2 is 1.74 bits per heavy atom. The van der Waals surface area contributed by atoms with Gasteiger partial charge in [0.1, 0.15) is 11.6 Å². The summed E-state index contributed by atoms with van der Waals surface area (Å²) in [6.45, 7) is 1.58. The number of halogens is 3. The lowest BCUT2D eigenvalue weighted by molar-refractivity contribution is 0.0566. The van der Waals surface area contributed by atoms with Crippen LogP contribution in [0.15, 0.2) is 46.9 Å². The quantitative estimate of drug-likeness (QED) is 0.897. The van der Waals surface area contributed by atoms with Crippen LogP contribution in [0, 0.1) is 11.6 Å². The summed E-state index contributed by atoms with van der Waals surface area (Å²) < 4.78 is 27.6. The SMILES string of the molecule is CC(O)(Cc1cc(F)ccc1F)c1ccc(Br)cc1. The van der Waals surface area contributed by atoms with E-state index in [1.807, 2.05) is 0 Å². The van der Waals surface area contributed by atoms with Crippen LogP contribution in [0.3, 0.4) is 0 Å². The van der Waals surface area contributed by atoms with Gasteiger partial charge in [0.15, 0.2) is 0 Å². The molecule has 2 aromatic rings. The molecule has 1 nitrogen and oxygen atoms in total. The standard InChI is InChI=1S/C15H13BrF2O/c1-15(19,11-2-4-12(16)5-3-11)9-10-8-13(17)6-7-14(10)18/h2-8,19H,9H2,1H3. The van der Waals surface area contributed by atoms with Crippen LogP contribution in [0.5, 0.6) is 0 Å². The van der Waals surface area contributed by atoms with Crippen LogP contribution in [0.4, 0.5) is 8.78 Å². The Balaban J connectivity index is 2.30. The Kier molecular flexibility index (Phi) is 4.02. The molecule has 2 rings (SSSR count). The first-order chi connectivity index (χ1) is 8.88. The second-order valence-electron chi connectivity index (χ2n) is 4.69. The van der Waals surface area contributed by atoms with Crippen molar-refractivity contribution in [2.75, 3.05) is 0 Å². The van der Waals surface area contributed by atoms with Gasteiger partial charge in [-0.2, -0.15) is 0 Å². The summed E-state index contributed by atoms with van der Waals surface area (Å²) in [7, 11) is 0. The zero-order valence-electron chi connectivity index (χ0n) is 10.3. The van der Waals surface area contributed by atoms with Crippen molar-refractivity contribution >= 4 is 15.9 Å². The lowest BCUT2D eigenvalue weighted by Gasteiger charge is -2.24. The highest BCUT2D eigenvalue weighted by Crippen LogP contribution is 2.27. The molecule has 0 aromatic heterocycles. The second kappa shape index (κ2) is 5.39. The van der Waals surface area contributed by atoms with Crippen molar-refractivity contribution in [1.29, 1.82) is 0 Å². The van der Waals surface area contributed by atoms with Crippen molar-refractivity contribution in [2.45, 2.75) is 18.9 Å². The zero-order valence-corrected chi connectivity index (χ0v) is 11.9. The second-order valence-corrected chi connectivity index (χ2v) is 5.61. The molecule has 100 valence electrons. The monoisotopic (exact) mass is 326 g/mol. The fourth-order valence-corrected chi connectivity index (χ4v) is 2.22. The Bertz CT molecular complexity index is 579. The van der Waals surface area contributed by atoms with Crippen LogP contribution < -0.4 is 0 Å². The predicted octanol–water partition coefficient (Wildman–Crippen LogP) is 4.18. The van der Waals surface area contributed by atoms with Crippen molar-refractivity contribution in [3.05, 3.63) is 69.7 Å². The number of benzene rings is 2. The van der Waals surface area contributed by atoms with E-state index in [9.17, 15) is 13.9 Å². The molecule has 0 heterocycles. The highest BCUT2D eigenvalue weighted by Gasteiger charge is 2.25. The summed E-state index contributed by atoms with van der Waals surface area (Å²) in [6.07, 6.45) is 0.0121. The Hall–Kier alpha value is -1.26. The molecule has 0 saturated heterocycles. The summed E-state index contributed by atoms with van der Waals surface area (Å²) in [4.78, 5) is 0. The predicted molar refractivity (Wildman–Crippen MR) is 73.8 cm³/mol. The molecule has 4 heteroatoms. The molecule has 0 aliphatic heterocycles. The molecular formula is C15H13BrF2O. The Morgan fingerprint density at radius 1 is 1.11 bits per heavy atom. The molecule has 1 atom stereocenters. The molecule has 0 amide bonds. The van der Waals surface area contributed by atoms with Crippen molar-refractivity contribution in [1.82, 2.24) is 0 Å². The molecule has 0 aliphatic carbocycles. The van der Waals surface area contributed by atoms with E-state index in [1.165, 1.54) is 0 Å². The Labute approximate surface area is 119 Å². The Morgan fingerprint density at radius 3 is 2.37 bits per heavy atom. The van der Waals surface area contributed by atoms with Crippen LogP contribution in [0.25, 0.3) is 0 Å². The van der Waals surface area contributed by atoms with Gasteiger partial charge < -0.3 is 5.11 Å². The van der Waals surface area contributed by atoms with Crippen LogP contribution in [-0.2, 0) is 12.0 Å². The van der Waals surface area contributed by atoms with E-state index in [1.54, 1.807) is 31.2 Å². The van der Waals surface area contributed by atoms with Crippen molar-refractivity contribution in [3.63, 3.8) is 0 Å². The third kappa shape index (κ3) is 3.39. The molecule has 1 N–H and O–H groups in total. The third-order valence-electron chi connectivity index (χ3n) is 3.01. The maximum absolute atomic E-state index is 13.6. The van der Waals surface area contributed by atoms with Crippen LogP contribution in [0.2, 0.25) is 0 Å². The van der Waals surface area contributed by atoms with E-state index >= 15 is 0 Å². The van der Waals surface area contributed by atoms with E-state index < -0.39 is 17.2 Å². The summed E-state index contributed by atoms with van der Waals surface area (Å²) >= 11 is 3.31. The number of hydrogen-bond donors (Lipinski definition) is 1. The lowest BCUT2D eigenvalue weighted by Crippen LogP contribution is -2.24. The first kappa shape index (κ1) is 14.2. The summed E-state index contributed by atoms with van der Waals surface area (Å²) in [5, 5.41) is 10.4. The first-order valence-corrected chi connectivity index (χ1v) is 6.60. The molecule has 2 aromatic carbocycles. The van der Waals surface area contributed by atoms with Crippen molar-refractivity contribution in [2.24, 2.45) is 0 Å². The maximum Gasteiger partial charge on any atom is 0.126 e. The van der Waals surface area contributed by atoms with Gasteiger partial charge in [0.05, 0.1) is 5.60 Å². The summed E-state index contributed by atoms with van der Waals surface area (Å²) in [5.41, 5.74) is -0.442. The largest absolute Gasteiger partial charge is 0.385 e. The van der Waals surface area contributed by atoms with Crippen molar-refractivity contribution in [3.8, 4) is 0 Å². The number of rotatable bonds is 3. The van der Waals surface area contributed by atoms with Crippen LogP contribution in [0.1, 0.15) is 18.1 Å². The van der Waals surface area contributed by atoms with Crippen molar-refractivity contribution < 1.29 is 13.9 Å². The number of hydrogen-bond acceptors (Lipinski definition) is 1. The van der Waals surface area contributed by atoms with Gasteiger partial charge in [-0.05, 0) is 48.4 Å². The molecule has 0 radical (unpaired) electrons. The molecule has 0 bridgehead atoms. The highest BCUT2D eigenvalue weighted by molar-refractivity contribution is 9.10. The molecule has 1 unspecified atom stereocenters. The van der Waals surface area contributed by atoms with Crippen LogP contribution in [-0.4, -0.2) is 5.11 Å². The summed E-state index contributed by atoms with van der Waals surface area (Å²) in [6, 6.07) is 10.3. The first-order valence-electron chi connectivity index (χ1n) is 5.81. The van der Waals surface area contributed by atoms with Gasteiger partial charge >= 0.3 is 0 Å². The minimum Gasteiger partial charge on any atom is -0.385 e. The molecular weight excluding hydrogens is 314 g/mol. The molecule has 0 saturated carbocycles. The van der Waals surface area contributed by atoms with E-state index in [0.29, 0.717) is 5.56 Å². The minimum atomic E-state index is -1.25. The van der Waals surface area contributed by atoms with Gasteiger partial charge in [-0.1, -0.05) is 28.1 Å². The molecule has 0 fully saturated rings. The molecule has 0 spiro atoms. The van der Waals surface area contributed by atoms with E-state index in [-0.39, 0.29) is 12.0 Å². The summed E-state index contributed by atoms with van der Waals surface area (Å²) in [5.74, 6) is -1.03. The fourth-order valence-electron chi connectivity index (χ4n) is 1.96. The zero-order chi connectivity index (χ0) is 14.0. The molecule has 0 aliphatic rings. The van der Waals surface area contributed by atoms with Crippen LogP contribution >= 0.6 is 15.9 Å². The molecule has 19 heavy (non-hydrogen) atoms. The third-order valence-corrected chi connectivity index (χ3v) is 3.54. The maximum atomic E-state index is 13.6. The average Bonchev–Trinajstić information content (AvgIpc) is 2.34.